The number of aryl methyl sites for hydroxylation is 1. The highest BCUT2D eigenvalue weighted by Crippen LogP contribution is 2.34. The summed E-state index contributed by atoms with van der Waals surface area (Å²) in [5.41, 5.74) is 6.54. The monoisotopic (exact) mass is 408 g/mol. The van der Waals surface area contributed by atoms with Gasteiger partial charge >= 0.3 is 0 Å². The molecular formula is C10H10Br2N4O2S. The van der Waals surface area contributed by atoms with Crippen molar-refractivity contribution in [3.05, 3.63) is 33.6 Å². The standard InChI is InChI=1S/C10H10Br2N4O2S/c1-16-4-9(14-5-16)19(17,18)15-10-7(11)2-6(13)3-8(10)12/h2-5,15H,13H2,1H3. The highest BCUT2D eigenvalue weighted by Gasteiger charge is 2.20. The van der Waals surface area contributed by atoms with E-state index < -0.39 is 10.0 Å². The van der Waals surface area contributed by atoms with E-state index in [4.69, 9.17) is 5.73 Å². The molecule has 19 heavy (non-hydrogen) atoms. The molecule has 0 atom stereocenters. The minimum Gasteiger partial charge on any atom is -0.399 e. The molecular weight excluding hydrogens is 400 g/mol. The molecule has 2 aromatic rings. The van der Waals surface area contributed by atoms with E-state index >= 15 is 0 Å². The molecule has 1 aromatic heterocycles. The highest BCUT2D eigenvalue weighted by molar-refractivity contribution is 9.11. The van der Waals surface area contributed by atoms with Crippen molar-refractivity contribution < 1.29 is 8.42 Å². The number of rotatable bonds is 3. The van der Waals surface area contributed by atoms with E-state index in [-0.39, 0.29) is 5.03 Å². The number of imidazole rings is 1. The number of halogens is 2. The lowest BCUT2D eigenvalue weighted by Crippen LogP contribution is -2.14. The Balaban J connectivity index is 2.41. The summed E-state index contributed by atoms with van der Waals surface area (Å²) in [4.78, 5) is 3.82. The van der Waals surface area contributed by atoms with Crippen molar-refractivity contribution in [2.45, 2.75) is 5.03 Å². The zero-order valence-electron chi connectivity index (χ0n) is 9.76. The van der Waals surface area contributed by atoms with Crippen LogP contribution in [0.2, 0.25) is 0 Å². The van der Waals surface area contributed by atoms with Crippen LogP contribution in [0.25, 0.3) is 0 Å². The van der Waals surface area contributed by atoms with E-state index in [9.17, 15) is 8.42 Å². The molecule has 0 unspecified atom stereocenters. The molecule has 0 saturated carbocycles. The molecule has 0 fully saturated rings. The van der Waals surface area contributed by atoms with E-state index in [0.29, 0.717) is 20.3 Å². The minimum atomic E-state index is -3.73. The van der Waals surface area contributed by atoms with Gasteiger partial charge in [-0.25, -0.2) is 4.98 Å². The van der Waals surface area contributed by atoms with Gasteiger partial charge in [0.15, 0.2) is 5.03 Å². The summed E-state index contributed by atoms with van der Waals surface area (Å²) >= 11 is 6.53. The number of hydrogen-bond donors (Lipinski definition) is 2. The molecule has 0 aliphatic heterocycles. The fourth-order valence-electron chi connectivity index (χ4n) is 1.40. The summed E-state index contributed by atoms with van der Waals surface area (Å²) in [6, 6.07) is 3.22. The van der Waals surface area contributed by atoms with Crippen LogP contribution in [-0.4, -0.2) is 18.0 Å². The fourth-order valence-corrected chi connectivity index (χ4v) is 4.17. The summed E-state index contributed by atoms with van der Waals surface area (Å²) in [7, 11) is -2.04. The molecule has 0 spiro atoms. The van der Waals surface area contributed by atoms with Gasteiger partial charge in [0.25, 0.3) is 10.0 Å². The Kier molecular flexibility index (Phi) is 3.88. The first-order valence-electron chi connectivity index (χ1n) is 5.05. The number of sulfonamides is 1. The van der Waals surface area contributed by atoms with Gasteiger partial charge in [-0.2, -0.15) is 8.42 Å². The number of nitrogen functional groups attached to an aromatic ring is 1. The van der Waals surface area contributed by atoms with Crippen molar-refractivity contribution in [2.75, 3.05) is 10.5 Å². The Morgan fingerprint density at radius 1 is 1.32 bits per heavy atom. The zero-order valence-corrected chi connectivity index (χ0v) is 13.8. The Morgan fingerprint density at radius 3 is 2.37 bits per heavy atom. The Labute approximate surface area is 127 Å². The van der Waals surface area contributed by atoms with Crippen LogP contribution in [0.1, 0.15) is 0 Å². The lowest BCUT2D eigenvalue weighted by Gasteiger charge is -2.11. The van der Waals surface area contributed by atoms with Crippen molar-refractivity contribution >= 4 is 53.3 Å². The Hall–Kier alpha value is -1.06. The normalized spacial score (nSPS) is 11.5. The third-order valence-electron chi connectivity index (χ3n) is 2.26. The van der Waals surface area contributed by atoms with E-state index in [0.717, 1.165) is 0 Å². The van der Waals surface area contributed by atoms with Crippen molar-refractivity contribution in [3.63, 3.8) is 0 Å². The second-order valence-electron chi connectivity index (χ2n) is 3.84. The van der Waals surface area contributed by atoms with Crippen molar-refractivity contribution in [3.8, 4) is 0 Å². The number of nitrogens with zero attached hydrogens (tertiary/aromatic N) is 2. The van der Waals surface area contributed by atoms with E-state index in [1.807, 2.05) is 0 Å². The summed E-state index contributed by atoms with van der Waals surface area (Å²) < 4.78 is 29.4. The molecule has 0 bridgehead atoms. The van der Waals surface area contributed by atoms with Crippen LogP contribution in [0.15, 0.2) is 38.6 Å². The van der Waals surface area contributed by atoms with Crippen LogP contribution in [-0.2, 0) is 17.1 Å². The van der Waals surface area contributed by atoms with Gasteiger partial charge in [-0.05, 0) is 44.0 Å². The molecule has 0 amide bonds. The lowest BCUT2D eigenvalue weighted by molar-refractivity contribution is 0.598. The summed E-state index contributed by atoms with van der Waals surface area (Å²) in [5, 5.41) is -0.0503. The number of nitrogens with one attached hydrogen (secondary N) is 1. The highest BCUT2D eigenvalue weighted by atomic mass is 79.9. The number of hydrogen-bond acceptors (Lipinski definition) is 4. The van der Waals surface area contributed by atoms with Gasteiger partial charge < -0.3 is 10.3 Å². The molecule has 1 heterocycles. The van der Waals surface area contributed by atoms with Gasteiger partial charge in [0.1, 0.15) is 0 Å². The van der Waals surface area contributed by atoms with Gasteiger partial charge in [0, 0.05) is 27.9 Å². The molecule has 0 radical (unpaired) electrons. The van der Waals surface area contributed by atoms with Gasteiger partial charge in [-0.15, -0.1) is 0 Å². The molecule has 0 aliphatic carbocycles. The van der Waals surface area contributed by atoms with Crippen LogP contribution >= 0.6 is 31.9 Å². The quantitative estimate of drug-likeness (QED) is 0.761. The van der Waals surface area contributed by atoms with Gasteiger partial charge in [-0.3, -0.25) is 4.72 Å². The first kappa shape index (κ1) is 14.4. The second-order valence-corrected chi connectivity index (χ2v) is 7.18. The molecule has 2 rings (SSSR count). The van der Waals surface area contributed by atoms with Crippen molar-refractivity contribution in [2.24, 2.45) is 7.05 Å². The summed E-state index contributed by atoms with van der Waals surface area (Å²) in [5.74, 6) is 0. The zero-order chi connectivity index (χ0) is 14.2. The number of aromatic nitrogens is 2. The number of benzene rings is 1. The van der Waals surface area contributed by atoms with E-state index in [1.165, 1.54) is 12.5 Å². The molecule has 102 valence electrons. The minimum absolute atomic E-state index is 0.0503. The van der Waals surface area contributed by atoms with E-state index in [1.54, 1.807) is 23.7 Å². The predicted molar refractivity (Wildman–Crippen MR) is 80.3 cm³/mol. The Morgan fingerprint density at radius 2 is 1.89 bits per heavy atom. The van der Waals surface area contributed by atoms with Crippen LogP contribution in [0.5, 0.6) is 0 Å². The van der Waals surface area contributed by atoms with Crippen molar-refractivity contribution in [1.29, 1.82) is 0 Å². The first-order valence-corrected chi connectivity index (χ1v) is 8.12. The van der Waals surface area contributed by atoms with Crippen LogP contribution in [0.3, 0.4) is 0 Å². The molecule has 0 saturated heterocycles. The third kappa shape index (κ3) is 3.10. The van der Waals surface area contributed by atoms with Gasteiger partial charge in [0.05, 0.1) is 12.0 Å². The summed E-state index contributed by atoms with van der Waals surface area (Å²) in [6.45, 7) is 0. The molecule has 1 aromatic carbocycles. The SMILES string of the molecule is Cn1cnc(S(=O)(=O)Nc2c(Br)cc(N)cc2Br)c1. The molecule has 9 heteroatoms. The Bertz CT molecular complexity index is 704. The maximum atomic E-state index is 12.1. The number of nitrogens with two attached hydrogens (primary N) is 1. The topological polar surface area (TPSA) is 90.0 Å². The fraction of sp³-hybridized carbons (Fsp3) is 0.100. The van der Waals surface area contributed by atoms with Crippen LogP contribution in [0, 0.1) is 0 Å². The summed E-state index contributed by atoms with van der Waals surface area (Å²) in [6.07, 6.45) is 2.84. The maximum Gasteiger partial charge on any atom is 0.281 e. The smallest absolute Gasteiger partial charge is 0.281 e. The maximum absolute atomic E-state index is 12.1. The molecule has 0 aliphatic rings. The van der Waals surface area contributed by atoms with Crippen molar-refractivity contribution in [1.82, 2.24) is 9.55 Å². The second kappa shape index (κ2) is 5.14. The van der Waals surface area contributed by atoms with Crippen LogP contribution < -0.4 is 10.5 Å². The van der Waals surface area contributed by atoms with Gasteiger partial charge in [-0.1, -0.05) is 0 Å². The lowest BCUT2D eigenvalue weighted by atomic mass is 10.3. The third-order valence-corrected chi connectivity index (χ3v) is 4.74. The van der Waals surface area contributed by atoms with Gasteiger partial charge in [0.2, 0.25) is 0 Å². The average Bonchev–Trinajstić information content (AvgIpc) is 2.71. The average molecular weight is 410 g/mol. The molecule has 3 N–H and O–H groups in total. The number of anilines is 2. The van der Waals surface area contributed by atoms with Crippen LogP contribution in [0.4, 0.5) is 11.4 Å². The molecule has 6 nitrogen and oxygen atoms in total. The largest absolute Gasteiger partial charge is 0.399 e. The van der Waals surface area contributed by atoms with E-state index in [2.05, 4.69) is 41.6 Å². The first-order chi connectivity index (χ1) is 8.79. The predicted octanol–water partition coefficient (Wildman–Crippen LogP) is 2.33.